The Morgan fingerprint density at radius 2 is 1.67 bits per heavy atom. The zero-order chi connectivity index (χ0) is 17.3. The number of non-ortho nitro benzene ring substituents is 1. The molecular weight excluding hydrogens is 314 g/mol. The molecular formula is C17H11NO6. The molecule has 0 aromatic heterocycles. The summed E-state index contributed by atoms with van der Waals surface area (Å²) in [6, 6.07) is 13.5. The van der Waals surface area contributed by atoms with Gasteiger partial charge in [-0.15, -0.1) is 0 Å². The quantitative estimate of drug-likeness (QED) is 0.232. The molecule has 24 heavy (non-hydrogen) atoms. The van der Waals surface area contributed by atoms with Gasteiger partial charge in [-0.25, -0.2) is 4.79 Å². The fourth-order valence-electron chi connectivity index (χ4n) is 2.44. The van der Waals surface area contributed by atoms with Crippen molar-refractivity contribution in [1.29, 1.82) is 0 Å². The standard InChI is InChI=1S/C17H11NO6/c19-14(10-4-2-1-3-5-10)13-15(20)17(21)24-16(13)11-6-8-12(9-7-11)18(22)23/h1-9,16,19H/b14-13-/t16-/m0/s1. The van der Waals surface area contributed by atoms with E-state index in [2.05, 4.69) is 0 Å². The number of hydrogen-bond donors (Lipinski definition) is 1. The van der Waals surface area contributed by atoms with Crippen molar-refractivity contribution in [3.05, 3.63) is 81.4 Å². The van der Waals surface area contributed by atoms with Gasteiger partial charge >= 0.3 is 5.97 Å². The summed E-state index contributed by atoms with van der Waals surface area (Å²) in [6.45, 7) is 0. The van der Waals surface area contributed by atoms with Crippen LogP contribution in [-0.2, 0) is 14.3 Å². The van der Waals surface area contributed by atoms with Gasteiger partial charge in [0.05, 0.1) is 10.5 Å². The van der Waals surface area contributed by atoms with Gasteiger partial charge in [0.2, 0.25) is 0 Å². The topological polar surface area (TPSA) is 107 Å². The van der Waals surface area contributed by atoms with Crippen molar-refractivity contribution in [2.75, 3.05) is 0 Å². The molecule has 120 valence electrons. The van der Waals surface area contributed by atoms with Crippen LogP contribution in [0, 0.1) is 10.1 Å². The fraction of sp³-hybridized carbons (Fsp3) is 0.0588. The van der Waals surface area contributed by atoms with Gasteiger partial charge in [-0.2, -0.15) is 0 Å². The molecule has 1 aliphatic rings. The molecule has 0 saturated carbocycles. The van der Waals surface area contributed by atoms with Crippen LogP contribution < -0.4 is 0 Å². The minimum absolute atomic E-state index is 0.132. The Hall–Kier alpha value is -3.48. The van der Waals surface area contributed by atoms with Gasteiger partial charge in [-0.1, -0.05) is 30.3 Å². The minimum Gasteiger partial charge on any atom is -0.507 e. The number of carbonyl (C=O) groups is 2. The Morgan fingerprint density at radius 1 is 1.04 bits per heavy atom. The number of esters is 1. The smallest absolute Gasteiger partial charge is 0.380 e. The molecule has 0 unspecified atom stereocenters. The van der Waals surface area contributed by atoms with Crippen molar-refractivity contribution in [2.45, 2.75) is 6.10 Å². The van der Waals surface area contributed by atoms with E-state index in [9.17, 15) is 24.8 Å². The Morgan fingerprint density at radius 3 is 2.25 bits per heavy atom. The third-order valence-electron chi connectivity index (χ3n) is 3.63. The van der Waals surface area contributed by atoms with E-state index in [0.29, 0.717) is 11.1 Å². The maximum atomic E-state index is 12.1. The third kappa shape index (κ3) is 2.63. The van der Waals surface area contributed by atoms with E-state index in [1.54, 1.807) is 30.3 Å². The molecule has 1 aliphatic heterocycles. The normalized spacial score (nSPS) is 19.1. The second kappa shape index (κ2) is 5.96. The second-order valence-corrected chi connectivity index (χ2v) is 5.09. The zero-order valence-electron chi connectivity index (χ0n) is 12.2. The lowest BCUT2D eigenvalue weighted by molar-refractivity contribution is -0.384. The first-order chi connectivity index (χ1) is 11.5. The first kappa shape index (κ1) is 15.4. The second-order valence-electron chi connectivity index (χ2n) is 5.09. The summed E-state index contributed by atoms with van der Waals surface area (Å²) in [4.78, 5) is 33.9. The highest BCUT2D eigenvalue weighted by molar-refractivity contribution is 6.44. The van der Waals surface area contributed by atoms with Gasteiger partial charge in [0, 0.05) is 17.7 Å². The molecule has 1 atom stereocenters. The SMILES string of the molecule is O=C1O[C@@H](c2ccc([N+](=O)[O-])cc2)/C(=C(\O)c2ccccc2)C1=O. The maximum Gasteiger partial charge on any atom is 0.380 e. The largest absolute Gasteiger partial charge is 0.507 e. The van der Waals surface area contributed by atoms with Crippen LogP contribution >= 0.6 is 0 Å². The average molecular weight is 325 g/mol. The third-order valence-corrected chi connectivity index (χ3v) is 3.63. The Balaban J connectivity index is 2.07. The highest BCUT2D eigenvalue weighted by atomic mass is 16.6. The molecule has 7 nitrogen and oxygen atoms in total. The van der Waals surface area contributed by atoms with Crippen molar-refractivity contribution in [3.63, 3.8) is 0 Å². The number of rotatable bonds is 3. The Bertz CT molecular complexity index is 854. The highest BCUT2D eigenvalue weighted by Gasteiger charge is 2.42. The molecule has 3 rings (SSSR count). The number of ketones is 1. The van der Waals surface area contributed by atoms with Crippen molar-refractivity contribution in [1.82, 2.24) is 0 Å². The molecule has 1 saturated heterocycles. The molecule has 7 heteroatoms. The number of carbonyl (C=O) groups excluding carboxylic acids is 2. The van der Waals surface area contributed by atoms with Crippen molar-refractivity contribution in [3.8, 4) is 0 Å². The van der Waals surface area contributed by atoms with Crippen LogP contribution in [0.2, 0.25) is 0 Å². The molecule has 1 fully saturated rings. The van der Waals surface area contributed by atoms with Crippen molar-refractivity contribution in [2.24, 2.45) is 0 Å². The summed E-state index contributed by atoms with van der Waals surface area (Å²) >= 11 is 0. The fourth-order valence-corrected chi connectivity index (χ4v) is 2.44. The number of nitro groups is 1. The minimum atomic E-state index is -1.11. The van der Waals surface area contributed by atoms with Gasteiger partial charge in [-0.05, 0) is 17.7 Å². The summed E-state index contributed by atoms with van der Waals surface area (Å²) in [5, 5.41) is 21.1. The molecule has 0 bridgehead atoms. The zero-order valence-corrected chi connectivity index (χ0v) is 12.2. The van der Waals surface area contributed by atoms with Gasteiger partial charge < -0.3 is 9.84 Å². The summed E-state index contributed by atoms with van der Waals surface area (Å²) in [5.41, 5.74) is 0.413. The summed E-state index contributed by atoms with van der Waals surface area (Å²) in [6.07, 6.45) is -1.11. The molecule has 2 aromatic carbocycles. The van der Waals surface area contributed by atoms with E-state index < -0.39 is 22.8 Å². The van der Waals surface area contributed by atoms with E-state index in [1.807, 2.05) is 0 Å². The molecule has 0 amide bonds. The van der Waals surface area contributed by atoms with Crippen molar-refractivity contribution < 1.29 is 24.4 Å². The first-order valence-electron chi connectivity index (χ1n) is 6.97. The molecule has 2 aromatic rings. The van der Waals surface area contributed by atoms with E-state index in [4.69, 9.17) is 4.74 Å². The lowest BCUT2D eigenvalue weighted by Gasteiger charge is -2.12. The lowest BCUT2D eigenvalue weighted by atomic mass is 9.96. The van der Waals surface area contributed by atoms with Crippen LogP contribution in [0.1, 0.15) is 17.2 Å². The van der Waals surface area contributed by atoms with E-state index in [1.165, 1.54) is 24.3 Å². The Labute approximate surface area is 136 Å². The highest BCUT2D eigenvalue weighted by Crippen LogP contribution is 2.37. The average Bonchev–Trinajstić information content (AvgIpc) is 2.90. The number of aliphatic hydroxyl groups excluding tert-OH is 1. The van der Waals surface area contributed by atoms with Crippen LogP contribution in [0.4, 0.5) is 5.69 Å². The summed E-state index contributed by atoms with van der Waals surface area (Å²) < 4.78 is 5.04. The monoisotopic (exact) mass is 325 g/mol. The maximum absolute atomic E-state index is 12.1. The lowest BCUT2D eigenvalue weighted by Crippen LogP contribution is -2.08. The predicted octanol–water partition coefficient (Wildman–Crippen LogP) is 2.73. The van der Waals surface area contributed by atoms with Crippen LogP contribution in [0.3, 0.4) is 0 Å². The van der Waals surface area contributed by atoms with Crippen LogP contribution in [0.5, 0.6) is 0 Å². The number of nitro benzene ring substituents is 1. The molecule has 0 aliphatic carbocycles. The summed E-state index contributed by atoms with van der Waals surface area (Å²) in [5.74, 6) is -2.36. The number of ether oxygens (including phenoxy) is 1. The molecule has 1 heterocycles. The summed E-state index contributed by atoms with van der Waals surface area (Å²) in [7, 11) is 0. The van der Waals surface area contributed by atoms with Crippen LogP contribution in [0.25, 0.3) is 5.76 Å². The predicted molar refractivity (Wildman–Crippen MR) is 82.9 cm³/mol. The number of nitrogens with zero attached hydrogens (tertiary/aromatic N) is 1. The van der Waals surface area contributed by atoms with Gasteiger partial charge in [-0.3, -0.25) is 14.9 Å². The molecule has 0 spiro atoms. The Kier molecular flexibility index (Phi) is 3.83. The van der Waals surface area contributed by atoms with E-state index >= 15 is 0 Å². The number of cyclic esters (lactones) is 1. The van der Waals surface area contributed by atoms with Gasteiger partial charge in [0.1, 0.15) is 5.76 Å². The van der Waals surface area contributed by atoms with Gasteiger partial charge in [0.15, 0.2) is 6.10 Å². The molecule has 0 radical (unpaired) electrons. The molecule has 1 N–H and O–H groups in total. The number of aliphatic hydroxyl groups is 1. The van der Waals surface area contributed by atoms with Gasteiger partial charge in [0.25, 0.3) is 11.5 Å². The van der Waals surface area contributed by atoms with E-state index in [0.717, 1.165) is 0 Å². The van der Waals surface area contributed by atoms with Crippen LogP contribution in [0.15, 0.2) is 60.2 Å². The number of Topliss-reactive ketones (excluding diaryl/α,β-unsaturated/α-hetero) is 1. The van der Waals surface area contributed by atoms with Crippen LogP contribution in [-0.4, -0.2) is 21.8 Å². The van der Waals surface area contributed by atoms with E-state index in [-0.39, 0.29) is 17.0 Å². The first-order valence-corrected chi connectivity index (χ1v) is 6.97. The number of benzene rings is 2. The van der Waals surface area contributed by atoms with Crippen molar-refractivity contribution >= 4 is 23.2 Å². The number of hydrogen-bond acceptors (Lipinski definition) is 6.